The summed E-state index contributed by atoms with van der Waals surface area (Å²) in [6, 6.07) is 31.3. The molecule has 0 aromatic heterocycles. The lowest BCUT2D eigenvalue weighted by Gasteiger charge is -2.50. The van der Waals surface area contributed by atoms with Gasteiger partial charge in [-0.15, -0.1) is 0 Å². The number of carbonyl (C=O) groups excluding carboxylic acids is 4. The minimum Gasteiger partial charge on any atom is -0.508 e. The maximum atomic E-state index is 15.6. The van der Waals surface area contributed by atoms with Crippen molar-refractivity contribution >= 4 is 63.7 Å². The van der Waals surface area contributed by atoms with Gasteiger partial charge in [-0.2, -0.15) is 0 Å². The summed E-state index contributed by atoms with van der Waals surface area (Å²) in [6.45, 7) is 0.202. The number of hydrogen-bond donors (Lipinski definition) is 1. The first-order valence-electron chi connectivity index (χ1n) is 20.1. The molecule has 0 bridgehead atoms. The number of phenolic OH excluding ortho intramolecular Hbond substituents is 1. The van der Waals surface area contributed by atoms with Gasteiger partial charge in [0.25, 0.3) is 0 Å². The Bertz CT molecular complexity index is 2760. The quantitative estimate of drug-likeness (QED) is 0.0621. The summed E-state index contributed by atoms with van der Waals surface area (Å²) in [5.74, 6) is -7.76. The van der Waals surface area contributed by atoms with Crippen molar-refractivity contribution in [2.45, 2.75) is 30.8 Å². The van der Waals surface area contributed by atoms with Crippen molar-refractivity contribution < 1.29 is 38.9 Å². The summed E-state index contributed by atoms with van der Waals surface area (Å²) in [4.78, 5) is 86.2. The van der Waals surface area contributed by atoms with E-state index < -0.39 is 79.9 Å². The maximum absolute atomic E-state index is 15.6. The molecule has 6 atom stereocenters. The average molecular weight is 868 g/mol. The summed E-state index contributed by atoms with van der Waals surface area (Å²) < 4.78 is 6.05. The number of aromatic hydroxyl groups is 1. The van der Waals surface area contributed by atoms with Crippen molar-refractivity contribution in [1.82, 2.24) is 0 Å². The van der Waals surface area contributed by atoms with E-state index in [2.05, 4.69) is 0 Å². The number of imide groups is 2. The molecule has 318 valence electrons. The highest BCUT2D eigenvalue weighted by Gasteiger charge is 2.70. The zero-order valence-corrected chi connectivity index (χ0v) is 34.5. The Morgan fingerprint density at radius 1 is 0.778 bits per heavy atom. The Labute approximate surface area is 365 Å². The topological polar surface area (TPSA) is 194 Å². The van der Waals surface area contributed by atoms with Gasteiger partial charge in [-0.1, -0.05) is 96.0 Å². The van der Waals surface area contributed by atoms with Crippen LogP contribution in [0, 0.1) is 43.9 Å². The normalized spacial score (nSPS) is 23.8. The molecule has 4 aliphatic rings. The van der Waals surface area contributed by atoms with Gasteiger partial charge < -0.3 is 14.7 Å². The largest absolute Gasteiger partial charge is 0.508 e. The number of allylic oxidation sites excluding steroid dienone is 2. The predicted molar refractivity (Wildman–Crippen MR) is 232 cm³/mol. The second-order valence-corrected chi connectivity index (χ2v) is 16.8. The molecule has 0 radical (unpaired) electrons. The molecule has 2 aliphatic heterocycles. The van der Waals surface area contributed by atoms with Gasteiger partial charge in [0.05, 0.1) is 44.4 Å². The molecule has 5 aromatic carbocycles. The maximum Gasteiger partial charge on any atom is 0.301 e. The van der Waals surface area contributed by atoms with Gasteiger partial charge >= 0.3 is 11.4 Å². The first-order valence-corrected chi connectivity index (χ1v) is 20.5. The van der Waals surface area contributed by atoms with Gasteiger partial charge in [0, 0.05) is 48.8 Å². The summed E-state index contributed by atoms with van der Waals surface area (Å²) >= 11 is 6.43. The third kappa shape index (κ3) is 6.41. The van der Waals surface area contributed by atoms with E-state index >= 15 is 9.59 Å². The second kappa shape index (κ2) is 15.5. The number of carbonyl (C=O) groups is 4. The van der Waals surface area contributed by atoms with Gasteiger partial charge in [-0.3, -0.25) is 39.4 Å². The van der Waals surface area contributed by atoms with E-state index in [0.717, 1.165) is 27.5 Å². The average Bonchev–Trinajstić information content (AvgIpc) is 3.66. The molecular weight excluding hydrogens is 830 g/mol. The lowest BCUT2D eigenvalue weighted by molar-refractivity contribution is -0.392. The number of fused-ring (bicyclic) bond motifs is 4. The summed E-state index contributed by atoms with van der Waals surface area (Å²) in [5.41, 5.74) is -1.25. The fraction of sp³-hybridized carbons (Fsp3) is 0.234. The molecule has 4 amide bonds. The summed E-state index contributed by atoms with van der Waals surface area (Å²) in [7, 11) is 2.81. The Balaban J connectivity index is 1.21. The van der Waals surface area contributed by atoms with Gasteiger partial charge in [0.2, 0.25) is 23.6 Å². The molecule has 16 heteroatoms. The van der Waals surface area contributed by atoms with E-state index in [9.17, 15) is 34.9 Å². The first kappa shape index (κ1) is 41.0. The van der Waals surface area contributed by atoms with Crippen LogP contribution >= 0.6 is 11.6 Å². The predicted octanol–water partition coefficient (Wildman–Crippen LogP) is 7.87. The van der Waals surface area contributed by atoms with Crippen molar-refractivity contribution in [1.29, 1.82) is 0 Å². The smallest absolute Gasteiger partial charge is 0.301 e. The molecule has 2 aliphatic carbocycles. The van der Waals surface area contributed by atoms with Crippen LogP contribution in [0.1, 0.15) is 35.4 Å². The molecule has 63 heavy (non-hydrogen) atoms. The number of hydrogen-bond acceptors (Lipinski definition) is 11. The van der Waals surface area contributed by atoms with Crippen molar-refractivity contribution in [2.75, 3.05) is 28.8 Å². The second-order valence-electron chi connectivity index (χ2n) is 16.3. The fourth-order valence-corrected chi connectivity index (χ4v) is 10.6. The van der Waals surface area contributed by atoms with E-state index in [4.69, 9.17) is 16.3 Å². The van der Waals surface area contributed by atoms with Gasteiger partial charge in [-0.05, 0) is 54.2 Å². The third-order valence-electron chi connectivity index (χ3n) is 12.9. The fourth-order valence-electron chi connectivity index (χ4n) is 10.4. The highest BCUT2D eigenvalue weighted by Crippen LogP contribution is 2.65. The monoisotopic (exact) mass is 867 g/mol. The molecule has 2 saturated heterocycles. The highest BCUT2D eigenvalue weighted by atomic mass is 35.5. The third-order valence-corrected chi connectivity index (χ3v) is 13.1. The van der Waals surface area contributed by atoms with Crippen LogP contribution in [0.3, 0.4) is 0 Å². The van der Waals surface area contributed by atoms with Crippen molar-refractivity contribution in [3.05, 3.63) is 169 Å². The van der Waals surface area contributed by atoms with Crippen LogP contribution in [0.2, 0.25) is 5.02 Å². The van der Waals surface area contributed by atoms with Crippen LogP contribution in [0.15, 0.2) is 127 Å². The van der Waals surface area contributed by atoms with E-state index in [1.54, 1.807) is 66.7 Å². The van der Waals surface area contributed by atoms with Gasteiger partial charge in [0.15, 0.2) is 5.69 Å². The Morgan fingerprint density at radius 3 is 2.06 bits per heavy atom. The van der Waals surface area contributed by atoms with E-state index in [1.165, 1.54) is 31.1 Å². The number of phenols is 1. The Hall–Kier alpha value is -7.39. The van der Waals surface area contributed by atoms with Crippen molar-refractivity contribution in [3.8, 4) is 11.5 Å². The number of nitro groups is 2. The number of nitrogens with zero attached hydrogens (tertiary/aromatic N) is 5. The molecule has 1 N–H and O–H groups in total. The minimum absolute atomic E-state index is 0.0112. The molecule has 2 heterocycles. The molecule has 15 nitrogen and oxygen atoms in total. The standard InChI is InChI=1S/C47H38ClN5O10/c1-49(2)42-37(52(59)60)21-30(22-38(42)53(61)62)50-43(55)34-19-18-32-35(40(34)45(50)57)24-36-44(56)51(29-15-9-14-28(48)20-29)46(58)47(36,27-12-7-4-8-13-27)41(32)33-17-16-31(23-39(33)54)63-25-26-10-5-3-6-11-26/h3-18,20-23,34-36,40-41,54H,19,24-25H2,1-2H3/t34-,35+,36-,40-,41+,47+/m0/s1. The van der Waals surface area contributed by atoms with Gasteiger partial charge in [0.1, 0.15) is 18.1 Å². The van der Waals surface area contributed by atoms with Crippen LogP contribution in [0.5, 0.6) is 11.5 Å². The number of anilines is 3. The molecule has 0 spiro atoms. The molecule has 0 unspecified atom stereocenters. The van der Waals surface area contributed by atoms with Crippen LogP contribution in [0.25, 0.3) is 0 Å². The Kier molecular flexibility index (Phi) is 10.1. The molecular formula is C47H38ClN5O10. The van der Waals surface area contributed by atoms with Crippen LogP contribution in [-0.2, 0) is 31.2 Å². The SMILES string of the molecule is CN(C)c1c([N+](=O)[O-])cc(N2C(=O)[C@H]3[C@H](CC=C4[C@H]3C[C@H]3C(=O)N(c5cccc(Cl)c5)C(=O)[C@@]3(c3ccccc3)[C@H]4c3ccc(OCc4ccccc4)cc3O)C2=O)cc1[N+](=O)[O-]. The zero-order valence-electron chi connectivity index (χ0n) is 33.8. The number of amides is 4. The number of rotatable bonds is 10. The van der Waals surface area contributed by atoms with Crippen LogP contribution in [0.4, 0.5) is 28.4 Å². The summed E-state index contributed by atoms with van der Waals surface area (Å²) in [5, 5.41) is 37.0. The van der Waals surface area contributed by atoms with Crippen LogP contribution < -0.4 is 19.4 Å². The van der Waals surface area contributed by atoms with E-state index in [1.807, 2.05) is 30.3 Å². The number of halogens is 1. The van der Waals surface area contributed by atoms with E-state index in [0.29, 0.717) is 16.9 Å². The number of ether oxygens (including phenoxy) is 1. The first-order chi connectivity index (χ1) is 30.2. The minimum atomic E-state index is -1.69. The van der Waals surface area contributed by atoms with Crippen molar-refractivity contribution in [3.63, 3.8) is 0 Å². The highest BCUT2D eigenvalue weighted by molar-refractivity contribution is 6.32. The molecule has 1 saturated carbocycles. The Morgan fingerprint density at radius 2 is 1.44 bits per heavy atom. The van der Waals surface area contributed by atoms with Gasteiger partial charge in [-0.25, -0.2) is 9.80 Å². The summed E-state index contributed by atoms with van der Waals surface area (Å²) in [6.07, 6.45) is 1.71. The zero-order chi connectivity index (χ0) is 44.5. The van der Waals surface area contributed by atoms with Crippen LogP contribution in [-0.4, -0.2) is 52.7 Å². The van der Waals surface area contributed by atoms with Crippen molar-refractivity contribution in [2.24, 2.45) is 23.7 Å². The molecule has 9 rings (SSSR count). The number of benzene rings is 5. The van der Waals surface area contributed by atoms with E-state index in [-0.39, 0.29) is 52.8 Å². The molecule has 3 fully saturated rings. The lowest BCUT2D eigenvalue weighted by Crippen LogP contribution is -2.53. The number of nitro benzene ring substituents is 2. The lowest BCUT2D eigenvalue weighted by atomic mass is 9.49. The molecule has 5 aromatic rings.